The van der Waals surface area contributed by atoms with Gasteiger partial charge in [-0.05, 0) is 59.3 Å². The summed E-state index contributed by atoms with van der Waals surface area (Å²) in [6.45, 7) is 16.6. The van der Waals surface area contributed by atoms with Gasteiger partial charge in [0, 0.05) is 26.2 Å². The first-order valence-corrected chi connectivity index (χ1v) is 11.9. The highest BCUT2D eigenvalue weighted by molar-refractivity contribution is 5.80. The number of nitrogens with one attached hydrogen (secondary N) is 2. The van der Waals surface area contributed by atoms with Crippen molar-refractivity contribution in [1.82, 2.24) is 15.5 Å². The third kappa shape index (κ3) is 9.64. The number of alkyl carbamates (subject to hydrolysis) is 1. The van der Waals surface area contributed by atoms with Crippen molar-refractivity contribution < 1.29 is 19.0 Å². The molecule has 8 heteroatoms. The fourth-order valence-electron chi connectivity index (χ4n) is 3.75. The summed E-state index contributed by atoms with van der Waals surface area (Å²) < 4.78 is 17.2. The first-order chi connectivity index (χ1) is 14.7. The van der Waals surface area contributed by atoms with E-state index in [1.165, 1.54) is 0 Å². The van der Waals surface area contributed by atoms with Crippen LogP contribution >= 0.6 is 0 Å². The molecule has 0 spiro atoms. The predicted octanol–water partition coefficient (Wildman–Crippen LogP) is 3.16. The van der Waals surface area contributed by atoms with Crippen molar-refractivity contribution in [2.75, 3.05) is 39.4 Å². The molecule has 0 bridgehead atoms. The van der Waals surface area contributed by atoms with Crippen LogP contribution in [0.4, 0.5) is 4.79 Å². The fourth-order valence-corrected chi connectivity index (χ4v) is 3.75. The number of likely N-dealkylation sites (tertiary alicyclic amines) is 1. The molecule has 0 radical (unpaired) electrons. The van der Waals surface area contributed by atoms with E-state index >= 15 is 0 Å². The van der Waals surface area contributed by atoms with E-state index in [9.17, 15) is 4.79 Å². The Morgan fingerprint density at radius 3 is 2.48 bits per heavy atom. The maximum absolute atomic E-state index is 12.2. The molecule has 2 heterocycles. The van der Waals surface area contributed by atoms with Gasteiger partial charge in [-0.3, -0.25) is 4.99 Å². The third-order valence-corrected chi connectivity index (χ3v) is 5.56. The van der Waals surface area contributed by atoms with Crippen molar-refractivity contribution in [3.63, 3.8) is 0 Å². The highest BCUT2D eigenvalue weighted by atomic mass is 16.6. The predicted molar refractivity (Wildman–Crippen MR) is 123 cm³/mol. The van der Waals surface area contributed by atoms with Gasteiger partial charge in [-0.15, -0.1) is 0 Å². The molecule has 0 saturated carbocycles. The van der Waals surface area contributed by atoms with Crippen molar-refractivity contribution in [3.05, 3.63) is 0 Å². The maximum atomic E-state index is 12.2. The summed E-state index contributed by atoms with van der Waals surface area (Å²) in [5, 5.41) is 6.38. The Morgan fingerprint density at radius 1 is 1.23 bits per heavy atom. The lowest BCUT2D eigenvalue weighted by Crippen LogP contribution is -2.48. The van der Waals surface area contributed by atoms with E-state index in [1.54, 1.807) is 0 Å². The lowest BCUT2D eigenvalue weighted by Gasteiger charge is -2.35. The van der Waals surface area contributed by atoms with Crippen molar-refractivity contribution in [1.29, 1.82) is 0 Å². The maximum Gasteiger partial charge on any atom is 0.407 e. The molecule has 2 fully saturated rings. The van der Waals surface area contributed by atoms with Gasteiger partial charge in [0.15, 0.2) is 5.96 Å². The lowest BCUT2D eigenvalue weighted by molar-refractivity contribution is -0.0367. The van der Waals surface area contributed by atoms with E-state index in [-0.39, 0.29) is 18.1 Å². The van der Waals surface area contributed by atoms with Crippen LogP contribution in [0.15, 0.2) is 4.99 Å². The molecule has 8 nitrogen and oxygen atoms in total. The highest BCUT2D eigenvalue weighted by Gasteiger charge is 2.25. The number of nitrogens with zero attached hydrogens (tertiary/aromatic N) is 2. The Bertz CT molecular complexity index is 562. The summed E-state index contributed by atoms with van der Waals surface area (Å²) in [6.07, 6.45) is 4.42. The third-order valence-electron chi connectivity index (χ3n) is 5.56. The number of piperidine rings is 1. The Balaban J connectivity index is 1.85. The SMILES string of the molecule is CCNC(=NCC(NC(=O)OC(C)(C)C)C(C)C)N1CCC(OCC2CCCO2)CC1. The molecule has 0 aromatic rings. The van der Waals surface area contributed by atoms with Crippen LogP contribution in [-0.2, 0) is 14.2 Å². The number of guanidine groups is 1. The second-order valence-corrected chi connectivity index (χ2v) is 9.85. The molecule has 2 rings (SSSR count). The topological polar surface area (TPSA) is 84.4 Å². The summed E-state index contributed by atoms with van der Waals surface area (Å²) in [5.74, 6) is 1.15. The van der Waals surface area contributed by atoms with E-state index in [1.807, 2.05) is 20.8 Å². The van der Waals surface area contributed by atoms with Gasteiger partial charge in [0.1, 0.15) is 5.60 Å². The molecule has 180 valence electrons. The van der Waals surface area contributed by atoms with Gasteiger partial charge in [0.2, 0.25) is 0 Å². The molecule has 1 amide bonds. The van der Waals surface area contributed by atoms with Crippen molar-refractivity contribution in [3.8, 4) is 0 Å². The van der Waals surface area contributed by atoms with Gasteiger partial charge in [0.05, 0.1) is 31.4 Å². The number of rotatable bonds is 8. The van der Waals surface area contributed by atoms with Crippen LogP contribution in [0.25, 0.3) is 0 Å². The molecular formula is C23H44N4O4. The molecule has 2 aliphatic heterocycles. The minimum atomic E-state index is -0.514. The van der Waals surface area contributed by atoms with Crippen LogP contribution < -0.4 is 10.6 Å². The van der Waals surface area contributed by atoms with Crippen LogP contribution in [0.3, 0.4) is 0 Å². The Morgan fingerprint density at radius 2 is 1.94 bits per heavy atom. The Kier molecular flexibility index (Phi) is 10.4. The summed E-state index contributed by atoms with van der Waals surface area (Å²) in [4.78, 5) is 19.3. The van der Waals surface area contributed by atoms with Crippen LogP contribution in [0.5, 0.6) is 0 Å². The number of carbonyl (C=O) groups excluding carboxylic acids is 1. The number of ether oxygens (including phenoxy) is 3. The number of carbonyl (C=O) groups is 1. The van der Waals surface area contributed by atoms with Gasteiger partial charge in [-0.2, -0.15) is 0 Å². The zero-order chi connectivity index (χ0) is 22.9. The van der Waals surface area contributed by atoms with Crippen molar-refractivity contribution in [2.45, 2.75) is 91.1 Å². The fraction of sp³-hybridized carbons (Fsp3) is 0.913. The van der Waals surface area contributed by atoms with Gasteiger partial charge in [0.25, 0.3) is 0 Å². The number of amides is 1. The van der Waals surface area contributed by atoms with E-state index in [4.69, 9.17) is 19.2 Å². The van der Waals surface area contributed by atoms with Gasteiger partial charge in [-0.1, -0.05) is 13.8 Å². The monoisotopic (exact) mass is 440 g/mol. The average Bonchev–Trinajstić information content (AvgIpc) is 3.21. The largest absolute Gasteiger partial charge is 0.444 e. The summed E-state index contributed by atoms with van der Waals surface area (Å²) in [5.41, 5.74) is -0.514. The zero-order valence-corrected chi connectivity index (χ0v) is 20.4. The van der Waals surface area contributed by atoms with Gasteiger partial charge >= 0.3 is 6.09 Å². The van der Waals surface area contributed by atoms with Crippen LogP contribution in [0.1, 0.15) is 67.2 Å². The van der Waals surface area contributed by atoms with Gasteiger partial charge in [-0.25, -0.2) is 4.79 Å². The standard InChI is InChI=1S/C23H44N4O4/c1-7-24-21(25-15-20(17(2)3)26-22(28)31-23(4,5)6)27-12-10-18(11-13-27)30-16-19-9-8-14-29-19/h17-20H,7-16H2,1-6H3,(H,24,25)(H,26,28). The van der Waals surface area contributed by atoms with Crippen LogP contribution in [0.2, 0.25) is 0 Å². The van der Waals surface area contributed by atoms with Crippen molar-refractivity contribution >= 4 is 12.1 Å². The molecule has 0 aromatic heterocycles. The second-order valence-electron chi connectivity index (χ2n) is 9.85. The zero-order valence-electron chi connectivity index (χ0n) is 20.4. The van der Waals surface area contributed by atoms with E-state index in [0.717, 1.165) is 57.9 Å². The first kappa shape index (κ1) is 25.7. The summed E-state index contributed by atoms with van der Waals surface area (Å²) in [7, 11) is 0. The van der Waals surface area contributed by atoms with Gasteiger partial charge < -0.3 is 29.7 Å². The average molecular weight is 441 g/mol. The molecule has 2 aliphatic rings. The molecule has 2 atom stereocenters. The summed E-state index contributed by atoms with van der Waals surface area (Å²) >= 11 is 0. The second kappa shape index (κ2) is 12.5. The minimum absolute atomic E-state index is 0.0872. The minimum Gasteiger partial charge on any atom is -0.444 e. The van der Waals surface area contributed by atoms with E-state index < -0.39 is 11.7 Å². The molecule has 2 saturated heterocycles. The molecule has 2 N–H and O–H groups in total. The highest BCUT2D eigenvalue weighted by Crippen LogP contribution is 2.18. The van der Waals surface area contributed by atoms with E-state index in [2.05, 4.69) is 36.3 Å². The van der Waals surface area contributed by atoms with Crippen LogP contribution in [0, 0.1) is 5.92 Å². The van der Waals surface area contributed by atoms with Crippen LogP contribution in [-0.4, -0.2) is 80.2 Å². The van der Waals surface area contributed by atoms with E-state index in [0.29, 0.717) is 19.3 Å². The number of hydrogen-bond acceptors (Lipinski definition) is 5. The molecular weight excluding hydrogens is 396 g/mol. The molecule has 0 aliphatic carbocycles. The Labute approximate surface area is 188 Å². The lowest BCUT2D eigenvalue weighted by atomic mass is 10.1. The Hall–Kier alpha value is -1.54. The molecule has 2 unspecified atom stereocenters. The number of hydrogen-bond donors (Lipinski definition) is 2. The quantitative estimate of drug-likeness (QED) is 0.446. The summed E-state index contributed by atoms with van der Waals surface area (Å²) in [6, 6.07) is -0.0872. The smallest absolute Gasteiger partial charge is 0.407 e. The first-order valence-electron chi connectivity index (χ1n) is 11.9. The molecule has 31 heavy (non-hydrogen) atoms. The normalized spacial score (nSPS) is 22.0. The van der Waals surface area contributed by atoms with Crippen molar-refractivity contribution in [2.24, 2.45) is 10.9 Å². The molecule has 0 aromatic carbocycles. The number of aliphatic imine (C=N–C) groups is 1.